The number of unbranched alkanes of at least 4 members (excludes halogenated alkanes) is 3. The van der Waals surface area contributed by atoms with Gasteiger partial charge in [-0.25, -0.2) is 0 Å². The predicted molar refractivity (Wildman–Crippen MR) is 206 cm³/mol. The number of allylic oxidation sites excluding steroid dienone is 2. The van der Waals surface area contributed by atoms with Gasteiger partial charge in [-0.15, -0.1) is 0 Å². The minimum Gasteiger partial charge on any atom is -0.519 e. The molecular formula is C38H76O5Si3. The Morgan fingerprint density at radius 2 is 1.33 bits per heavy atom. The van der Waals surface area contributed by atoms with Gasteiger partial charge in [0.15, 0.2) is 16.6 Å². The Kier molecular flexibility index (Phi) is 21.7. The summed E-state index contributed by atoms with van der Waals surface area (Å²) in [5, 5.41) is 11.4. The van der Waals surface area contributed by atoms with E-state index in [0.29, 0.717) is 12.8 Å². The summed E-state index contributed by atoms with van der Waals surface area (Å²) in [6.07, 6.45) is 17.5. The zero-order valence-corrected chi connectivity index (χ0v) is 35.0. The molecule has 5 atom stereocenters. The number of rotatable bonds is 26. The summed E-state index contributed by atoms with van der Waals surface area (Å²) >= 11 is 0. The van der Waals surface area contributed by atoms with Crippen molar-refractivity contribution in [2.45, 2.75) is 200 Å². The van der Waals surface area contributed by atoms with E-state index in [1.54, 1.807) is 0 Å². The minimum atomic E-state index is -1.89. The summed E-state index contributed by atoms with van der Waals surface area (Å²) in [5.74, 6) is 0.292. The number of hydrogen-bond donors (Lipinski definition) is 1. The summed E-state index contributed by atoms with van der Waals surface area (Å²) in [4.78, 5) is 12.6. The first-order valence-corrected chi connectivity index (χ1v) is 27.2. The largest absolute Gasteiger partial charge is 0.519 e. The normalized spacial score (nSPS) is 21.9. The van der Waals surface area contributed by atoms with Crippen LogP contribution in [0.25, 0.3) is 0 Å². The Labute approximate surface area is 289 Å². The number of hydrogen-bond acceptors (Lipinski definition) is 5. The van der Waals surface area contributed by atoms with E-state index in [1.807, 2.05) is 0 Å². The molecule has 1 aliphatic carbocycles. The van der Waals surface area contributed by atoms with Crippen LogP contribution in [-0.4, -0.2) is 54.3 Å². The molecule has 0 spiro atoms. The summed E-state index contributed by atoms with van der Waals surface area (Å²) in [5.41, 5.74) is 0. The molecule has 5 nitrogen and oxygen atoms in total. The molecular weight excluding hydrogens is 621 g/mol. The Balaban J connectivity index is 3.12. The smallest absolute Gasteiger partial charge is 0.292 e. The zero-order chi connectivity index (χ0) is 34.6. The van der Waals surface area contributed by atoms with Crippen molar-refractivity contribution in [3.63, 3.8) is 0 Å². The number of aliphatic hydroxyl groups is 1. The molecule has 0 amide bonds. The molecule has 1 fully saturated rings. The lowest BCUT2D eigenvalue weighted by Crippen LogP contribution is -2.41. The molecule has 1 N–H and O–H groups in total. The molecule has 0 aromatic rings. The maximum Gasteiger partial charge on any atom is 0.292 e. The highest BCUT2D eigenvalue weighted by Gasteiger charge is 2.45. The molecule has 0 saturated heterocycles. The summed E-state index contributed by atoms with van der Waals surface area (Å²) in [6, 6.07) is 9.83. The highest BCUT2D eigenvalue weighted by molar-refractivity contribution is 6.75. The molecule has 0 aliphatic heterocycles. The second-order valence-electron chi connectivity index (χ2n) is 14.0. The second kappa shape index (κ2) is 23.0. The van der Waals surface area contributed by atoms with Crippen molar-refractivity contribution >= 4 is 30.9 Å². The van der Waals surface area contributed by atoms with E-state index in [0.717, 1.165) is 80.1 Å². The van der Waals surface area contributed by atoms with Gasteiger partial charge < -0.3 is 18.4 Å². The molecule has 1 rings (SSSR count). The van der Waals surface area contributed by atoms with Gasteiger partial charge in [0.25, 0.3) is 14.3 Å². The molecule has 270 valence electrons. The number of aliphatic hydroxyl groups excluding tert-OH is 1. The topological polar surface area (TPSA) is 65.0 Å². The Morgan fingerprint density at radius 1 is 0.761 bits per heavy atom. The maximum atomic E-state index is 12.6. The van der Waals surface area contributed by atoms with Gasteiger partial charge in [-0.05, 0) is 92.4 Å². The number of carbonyl (C=O) groups excluding carboxylic acids is 1. The van der Waals surface area contributed by atoms with Gasteiger partial charge in [0.05, 0.1) is 18.3 Å². The van der Waals surface area contributed by atoms with Crippen molar-refractivity contribution in [1.82, 2.24) is 0 Å². The molecule has 0 aromatic carbocycles. The van der Waals surface area contributed by atoms with Crippen LogP contribution in [0.4, 0.5) is 0 Å². The van der Waals surface area contributed by atoms with E-state index in [9.17, 15) is 9.90 Å². The summed E-state index contributed by atoms with van der Waals surface area (Å²) < 4.78 is 20.2. The first kappa shape index (κ1) is 43.5. The molecule has 46 heavy (non-hydrogen) atoms. The second-order valence-corrected chi connectivity index (χ2v) is 28.2. The van der Waals surface area contributed by atoms with Crippen LogP contribution in [0.5, 0.6) is 0 Å². The average Bonchev–Trinajstić information content (AvgIpc) is 3.37. The van der Waals surface area contributed by atoms with Gasteiger partial charge in [0.2, 0.25) is 0 Å². The molecule has 0 aromatic heterocycles. The van der Waals surface area contributed by atoms with Crippen molar-refractivity contribution < 1.29 is 23.2 Å². The third-order valence-corrected chi connectivity index (χ3v) is 25.7. The number of carbonyl (C=O) groups is 1. The maximum absolute atomic E-state index is 12.6. The van der Waals surface area contributed by atoms with Crippen molar-refractivity contribution in [2.24, 2.45) is 11.8 Å². The fraction of sp³-hybridized carbons (Fsp3) is 0.868. The molecule has 0 radical (unpaired) electrons. The van der Waals surface area contributed by atoms with Crippen LogP contribution in [0.2, 0.25) is 54.4 Å². The average molecular weight is 697 g/mol. The SMILES string of the molecule is CCCCC[C@@H](C=C[C@@H]1[C@@H](CC=CCCCC(=O)O[Si](CC)(CC)CC)[C@@H](O)C[C@H]1O[Si](CC)(CC)CC)O[Si](CC)(CC)CC. The highest BCUT2D eigenvalue weighted by atomic mass is 28.4. The van der Waals surface area contributed by atoms with Crippen molar-refractivity contribution in [3.8, 4) is 0 Å². The Hall–Kier alpha value is -0.519. The first-order chi connectivity index (χ1) is 22.1. The van der Waals surface area contributed by atoms with Crippen LogP contribution in [0.15, 0.2) is 24.3 Å². The van der Waals surface area contributed by atoms with Gasteiger partial charge >= 0.3 is 0 Å². The van der Waals surface area contributed by atoms with E-state index in [4.69, 9.17) is 13.3 Å². The quantitative estimate of drug-likeness (QED) is 0.0554. The van der Waals surface area contributed by atoms with E-state index < -0.39 is 25.0 Å². The fourth-order valence-corrected chi connectivity index (χ4v) is 15.7. The Bertz CT molecular complexity index is 842. The Morgan fingerprint density at radius 3 is 1.85 bits per heavy atom. The highest BCUT2D eigenvalue weighted by Crippen LogP contribution is 2.41. The third kappa shape index (κ3) is 13.4. The van der Waals surface area contributed by atoms with Gasteiger partial charge in [-0.1, -0.05) is 113 Å². The van der Waals surface area contributed by atoms with Crippen LogP contribution in [0.1, 0.15) is 127 Å². The zero-order valence-electron chi connectivity index (χ0n) is 32.0. The summed E-state index contributed by atoms with van der Waals surface area (Å²) in [6.45, 7) is 22.6. The van der Waals surface area contributed by atoms with Crippen molar-refractivity contribution in [3.05, 3.63) is 24.3 Å². The first-order valence-electron chi connectivity index (χ1n) is 19.6. The van der Waals surface area contributed by atoms with Crippen LogP contribution in [0, 0.1) is 11.8 Å². The standard InChI is InChI=1S/C38H76O5Si3/c1-11-21-24-27-33(41-44(12-2,13-3)14-4)30-31-35-34(36(39)32-37(35)42-45(15-5,16-6)17-7)28-25-22-23-26-29-38(40)43-46(18-8,19-9)20-10/h22,25,30-31,33-37,39H,11-21,23-24,26-29,32H2,1-10H3/t33-,34+,35+,36-,37+/m0/s1. The fourth-order valence-electron chi connectivity index (χ4n) is 7.49. The lowest BCUT2D eigenvalue weighted by Gasteiger charge is -2.35. The molecule has 1 aliphatic rings. The van der Waals surface area contributed by atoms with E-state index in [1.165, 1.54) is 19.3 Å². The van der Waals surface area contributed by atoms with Crippen LogP contribution in [-0.2, 0) is 18.1 Å². The van der Waals surface area contributed by atoms with Crippen molar-refractivity contribution in [1.29, 1.82) is 0 Å². The molecule has 0 heterocycles. The molecule has 1 saturated carbocycles. The van der Waals surface area contributed by atoms with Crippen molar-refractivity contribution in [2.75, 3.05) is 0 Å². The van der Waals surface area contributed by atoms with Gasteiger partial charge in [-0.2, -0.15) is 0 Å². The van der Waals surface area contributed by atoms with Crippen LogP contribution < -0.4 is 0 Å². The lowest BCUT2D eigenvalue weighted by atomic mass is 9.89. The van der Waals surface area contributed by atoms with Crippen LogP contribution >= 0.6 is 0 Å². The third-order valence-electron chi connectivity index (χ3n) is 11.8. The summed E-state index contributed by atoms with van der Waals surface area (Å²) in [7, 11) is -5.47. The van der Waals surface area contributed by atoms with Gasteiger partial charge in [0, 0.05) is 12.3 Å². The van der Waals surface area contributed by atoms with E-state index in [-0.39, 0.29) is 36.1 Å². The minimum absolute atomic E-state index is 0.0190. The lowest BCUT2D eigenvalue weighted by molar-refractivity contribution is -0.135. The van der Waals surface area contributed by atoms with E-state index >= 15 is 0 Å². The molecule has 8 heteroatoms. The van der Waals surface area contributed by atoms with Crippen LogP contribution in [0.3, 0.4) is 0 Å². The molecule has 0 bridgehead atoms. The monoisotopic (exact) mass is 697 g/mol. The van der Waals surface area contributed by atoms with Gasteiger partial charge in [0.1, 0.15) is 0 Å². The predicted octanol–water partition coefficient (Wildman–Crippen LogP) is 11.6. The van der Waals surface area contributed by atoms with Gasteiger partial charge in [-0.3, -0.25) is 4.79 Å². The molecule has 0 unspecified atom stereocenters. The van der Waals surface area contributed by atoms with E-state index in [2.05, 4.69) is 93.5 Å².